The highest BCUT2D eigenvalue weighted by molar-refractivity contribution is 7.99. The number of aryl methyl sites for hydroxylation is 1. The van der Waals surface area contributed by atoms with Crippen LogP contribution in [0.2, 0.25) is 0 Å². The van der Waals surface area contributed by atoms with E-state index in [0.29, 0.717) is 6.54 Å². The van der Waals surface area contributed by atoms with Crippen LogP contribution >= 0.6 is 24.2 Å². The maximum Gasteiger partial charge on any atom is 0.228 e. The zero-order valence-corrected chi connectivity index (χ0v) is 13.6. The highest BCUT2D eigenvalue weighted by atomic mass is 35.5. The van der Waals surface area contributed by atoms with Crippen LogP contribution < -0.4 is 11.1 Å². The summed E-state index contributed by atoms with van der Waals surface area (Å²) in [6.07, 6.45) is 3.64. The lowest BCUT2D eigenvalue weighted by molar-refractivity contribution is -0.119. The minimum absolute atomic E-state index is 0. The van der Waals surface area contributed by atoms with Gasteiger partial charge in [0, 0.05) is 36.8 Å². The van der Waals surface area contributed by atoms with E-state index >= 15 is 0 Å². The average molecular weight is 327 g/mol. The van der Waals surface area contributed by atoms with E-state index in [4.69, 9.17) is 5.73 Å². The second-order valence-corrected chi connectivity index (χ2v) is 5.55. The number of carbonyl (C=O) groups is 1. The van der Waals surface area contributed by atoms with Gasteiger partial charge in [-0.25, -0.2) is 4.98 Å². The van der Waals surface area contributed by atoms with E-state index in [1.165, 1.54) is 11.8 Å². The Morgan fingerprint density at radius 3 is 2.81 bits per heavy atom. The topological polar surface area (TPSA) is 72.9 Å². The molecule has 114 valence electrons. The van der Waals surface area contributed by atoms with Gasteiger partial charge in [0.25, 0.3) is 0 Å². The van der Waals surface area contributed by atoms with Gasteiger partial charge in [-0.2, -0.15) is 0 Å². The summed E-state index contributed by atoms with van der Waals surface area (Å²) in [5.74, 6) is -0.276. The number of rotatable bonds is 5. The summed E-state index contributed by atoms with van der Waals surface area (Å²) in [7, 11) is 1.94. The Kier molecular flexibility index (Phi) is 6.74. The predicted octanol–water partition coefficient (Wildman–Crippen LogP) is 2.53. The second kappa shape index (κ2) is 8.07. The van der Waals surface area contributed by atoms with E-state index in [1.54, 1.807) is 6.20 Å². The molecule has 0 fully saturated rings. The molecule has 1 amide bonds. The summed E-state index contributed by atoms with van der Waals surface area (Å²) in [5, 5.41) is 3.79. The van der Waals surface area contributed by atoms with Gasteiger partial charge in [-0.1, -0.05) is 19.1 Å². The van der Waals surface area contributed by atoms with Crippen LogP contribution in [0.15, 0.2) is 46.7 Å². The van der Waals surface area contributed by atoms with Crippen molar-refractivity contribution in [3.63, 3.8) is 0 Å². The third kappa shape index (κ3) is 4.49. The molecule has 0 aliphatic carbocycles. The van der Waals surface area contributed by atoms with Crippen molar-refractivity contribution in [2.75, 3.05) is 11.9 Å². The van der Waals surface area contributed by atoms with E-state index < -0.39 is 0 Å². The van der Waals surface area contributed by atoms with E-state index in [2.05, 4.69) is 10.3 Å². The lowest BCUT2D eigenvalue weighted by Gasteiger charge is -2.13. The number of imidazole rings is 1. The summed E-state index contributed by atoms with van der Waals surface area (Å²) >= 11 is 1.51. The molecule has 0 radical (unpaired) electrons. The molecule has 5 nitrogen and oxygen atoms in total. The molecule has 1 heterocycles. The van der Waals surface area contributed by atoms with Gasteiger partial charge in [0.2, 0.25) is 5.91 Å². The Morgan fingerprint density at radius 2 is 2.19 bits per heavy atom. The minimum atomic E-state index is -0.207. The summed E-state index contributed by atoms with van der Waals surface area (Å²) in [5.41, 5.74) is 6.30. The summed E-state index contributed by atoms with van der Waals surface area (Å²) in [4.78, 5) is 17.2. The fourth-order valence-corrected chi connectivity index (χ4v) is 2.46. The zero-order valence-electron chi connectivity index (χ0n) is 11.9. The molecule has 1 aromatic carbocycles. The normalized spacial score (nSPS) is 11.6. The minimum Gasteiger partial charge on any atom is -0.330 e. The van der Waals surface area contributed by atoms with Gasteiger partial charge < -0.3 is 15.6 Å². The molecule has 0 spiro atoms. The molecule has 1 unspecified atom stereocenters. The molecule has 2 aromatic rings. The van der Waals surface area contributed by atoms with Gasteiger partial charge in [0.1, 0.15) is 0 Å². The number of nitrogens with one attached hydrogen (secondary N) is 1. The van der Waals surface area contributed by atoms with E-state index in [9.17, 15) is 4.79 Å². The lowest BCUT2D eigenvalue weighted by atomic mass is 10.1. The molecule has 0 bridgehead atoms. The average Bonchev–Trinajstić information content (AvgIpc) is 2.85. The molecular formula is C14H19ClN4OS. The first-order valence-corrected chi connectivity index (χ1v) is 7.18. The number of aromatic nitrogens is 2. The van der Waals surface area contributed by atoms with Crippen LogP contribution in [0, 0.1) is 5.92 Å². The Morgan fingerprint density at radius 1 is 1.48 bits per heavy atom. The van der Waals surface area contributed by atoms with Crippen LogP contribution in [0.25, 0.3) is 0 Å². The maximum absolute atomic E-state index is 11.9. The fourth-order valence-electron chi connectivity index (χ4n) is 1.57. The van der Waals surface area contributed by atoms with Crippen LogP contribution in [0.1, 0.15) is 6.92 Å². The van der Waals surface area contributed by atoms with Crippen molar-refractivity contribution in [2.24, 2.45) is 18.7 Å². The number of carbonyl (C=O) groups excluding carboxylic acids is 1. The SMILES string of the molecule is CC(CN)C(=O)Nc1ccccc1Sc1nccn1C.Cl. The summed E-state index contributed by atoms with van der Waals surface area (Å²) < 4.78 is 1.94. The van der Waals surface area contributed by atoms with Gasteiger partial charge in [0.05, 0.1) is 5.69 Å². The molecular weight excluding hydrogens is 308 g/mol. The second-order valence-electron chi connectivity index (χ2n) is 4.54. The van der Waals surface area contributed by atoms with Crippen LogP contribution in [-0.4, -0.2) is 22.0 Å². The largest absolute Gasteiger partial charge is 0.330 e. The number of benzene rings is 1. The standard InChI is InChI=1S/C14H18N4OS.ClH/c1-10(9-15)13(19)17-11-5-3-4-6-12(11)20-14-16-7-8-18(14)2;/h3-8,10H,9,15H2,1-2H3,(H,17,19);1H. The van der Waals surface area contributed by atoms with Crippen molar-refractivity contribution < 1.29 is 4.79 Å². The van der Waals surface area contributed by atoms with E-state index in [-0.39, 0.29) is 24.2 Å². The third-order valence-electron chi connectivity index (χ3n) is 2.92. The van der Waals surface area contributed by atoms with Crippen molar-refractivity contribution in [1.82, 2.24) is 9.55 Å². The Balaban J connectivity index is 0.00000220. The first-order valence-electron chi connectivity index (χ1n) is 6.37. The monoisotopic (exact) mass is 326 g/mol. The van der Waals surface area contributed by atoms with E-state index in [0.717, 1.165) is 15.7 Å². The van der Waals surface area contributed by atoms with Gasteiger partial charge >= 0.3 is 0 Å². The number of para-hydroxylation sites is 1. The number of halogens is 1. The highest BCUT2D eigenvalue weighted by Crippen LogP contribution is 2.32. The van der Waals surface area contributed by atoms with Gasteiger partial charge in [0.15, 0.2) is 5.16 Å². The van der Waals surface area contributed by atoms with Crippen molar-refractivity contribution in [3.8, 4) is 0 Å². The van der Waals surface area contributed by atoms with Crippen LogP contribution in [0.5, 0.6) is 0 Å². The van der Waals surface area contributed by atoms with Crippen LogP contribution in [-0.2, 0) is 11.8 Å². The smallest absolute Gasteiger partial charge is 0.228 e. The zero-order chi connectivity index (χ0) is 14.5. The molecule has 1 aromatic heterocycles. The van der Waals surface area contributed by atoms with Crippen LogP contribution in [0.3, 0.4) is 0 Å². The van der Waals surface area contributed by atoms with Crippen molar-refractivity contribution in [3.05, 3.63) is 36.7 Å². The lowest BCUT2D eigenvalue weighted by Crippen LogP contribution is -2.26. The number of anilines is 1. The molecule has 7 heteroatoms. The maximum atomic E-state index is 11.9. The molecule has 0 saturated heterocycles. The quantitative estimate of drug-likeness (QED) is 0.885. The van der Waals surface area contributed by atoms with Gasteiger partial charge in [-0.05, 0) is 23.9 Å². The molecule has 21 heavy (non-hydrogen) atoms. The highest BCUT2D eigenvalue weighted by Gasteiger charge is 2.14. The van der Waals surface area contributed by atoms with Crippen LogP contribution in [0.4, 0.5) is 5.69 Å². The summed E-state index contributed by atoms with van der Waals surface area (Å²) in [6.45, 7) is 2.14. The number of nitrogens with two attached hydrogens (primary N) is 1. The van der Waals surface area contributed by atoms with Gasteiger partial charge in [-0.3, -0.25) is 4.79 Å². The molecule has 0 aliphatic heterocycles. The number of nitrogens with zero attached hydrogens (tertiary/aromatic N) is 2. The Hall–Kier alpha value is -1.50. The molecule has 3 N–H and O–H groups in total. The molecule has 0 saturated carbocycles. The number of amides is 1. The van der Waals surface area contributed by atoms with Gasteiger partial charge in [-0.15, -0.1) is 12.4 Å². The van der Waals surface area contributed by atoms with Crippen molar-refractivity contribution in [2.45, 2.75) is 17.0 Å². The van der Waals surface area contributed by atoms with Crippen molar-refractivity contribution >= 4 is 35.8 Å². The van der Waals surface area contributed by atoms with Crippen molar-refractivity contribution in [1.29, 1.82) is 0 Å². The Labute approximate surface area is 134 Å². The first-order chi connectivity index (χ1) is 9.61. The molecule has 0 aliphatic rings. The molecule has 2 rings (SSSR count). The third-order valence-corrected chi connectivity index (χ3v) is 4.08. The first kappa shape index (κ1) is 17.6. The number of hydrogen-bond acceptors (Lipinski definition) is 4. The number of hydrogen-bond donors (Lipinski definition) is 2. The summed E-state index contributed by atoms with van der Waals surface area (Å²) in [6, 6.07) is 7.67. The Bertz CT molecular complexity index is 602. The predicted molar refractivity (Wildman–Crippen MR) is 87.9 cm³/mol. The van der Waals surface area contributed by atoms with E-state index in [1.807, 2.05) is 49.0 Å². The molecule has 1 atom stereocenters. The fraction of sp³-hybridized carbons (Fsp3) is 0.286.